The lowest BCUT2D eigenvalue weighted by molar-refractivity contribution is 0.265. The Labute approximate surface area is 170 Å². The zero-order valence-electron chi connectivity index (χ0n) is 16.1. The van der Waals surface area contributed by atoms with E-state index >= 15 is 0 Å². The molecule has 2 aromatic rings. The van der Waals surface area contributed by atoms with Crippen molar-refractivity contribution in [3.8, 4) is 11.5 Å². The van der Waals surface area contributed by atoms with E-state index in [-0.39, 0.29) is 19.0 Å². The van der Waals surface area contributed by atoms with E-state index in [2.05, 4.69) is 10.6 Å². The first-order chi connectivity index (χ1) is 13.7. The fourth-order valence-electron chi connectivity index (χ4n) is 2.63. The maximum atomic E-state index is 13.8. The van der Waals surface area contributed by atoms with Crippen molar-refractivity contribution in [3.63, 3.8) is 0 Å². The molecule has 2 aromatic carbocycles. The van der Waals surface area contributed by atoms with Gasteiger partial charge in [-0.3, -0.25) is 0 Å². The van der Waals surface area contributed by atoms with Crippen molar-refractivity contribution in [3.05, 3.63) is 58.4 Å². The third-order valence-corrected chi connectivity index (χ3v) is 4.42. The van der Waals surface area contributed by atoms with Gasteiger partial charge >= 0.3 is 0 Å². The summed E-state index contributed by atoms with van der Waals surface area (Å²) in [6.07, 6.45) is 0.944. The number of hydrogen-bond acceptors (Lipinski definition) is 5. The summed E-state index contributed by atoms with van der Waals surface area (Å²) in [6, 6.07) is 10.1. The van der Waals surface area contributed by atoms with Crippen molar-refractivity contribution >= 4 is 11.6 Å². The van der Waals surface area contributed by atoms with E-state index < -0.39 is 0 Å². The molecule has 2 rings (SSSR count). The summed E-state index contributed by atoms with van der Waals surface area (Å²) in [6.45, 7) is 5.51. The molecule has 0 radical (unpaired) electrons. The second kappa shape index (κ2) is 12.6. The van der Waals surface area contributed by atoms with Crippen LogP contribution in [0.4, 0.5) is 4.39 Å². The molecule has 5 nitrogen and oxygen atoms in total. The summed E-state index contributed by atoms with van der Waals surface area (Å²) in [5.41, 5.74) is 1.38. The quantitative estimate of drug-likeness (QED) is 0.441. The molecule has 3 N–H and O–H groups in total. The maximum Gasteiger partial charge on any atom is 0.163 e. The van der Waals surface area contributed by atoms with E-state index in [9.17, 15) is 4.39 Å². The molecule has 0 spiro atoms. The summed E-state index contributed by atoms with van der Waals surface area (Å²) >= 11 is 6.41. The zero-order valence-corrected chi connectivity index (χ0v) is 16.9. The van der Waals surface area contributed by atoms with Crippen molar-refractivity contribution in [2.45, 2.75) is 26.5 Å². The average molecular weight is 411 g/mol. The van der Waals surface area contributed by atoms with E-state index in [1.165, 1.54) is 6.07 Å². The van der Waals surface area contributed by atoms with Gasteiger partial charge in [0.15, 0.2) is 11.5 Å². The van der Waals surface area contributed by atoms with Crippen LogP contribution in [-0.4, -0.2) is 38.0 Å². The lowest BCUT2D eigenvalue weighted by Gasteiger charge is -2.15. The Morgan fingerprint density at radius 2 is 1.75 bits per heavy atom. The van der Waals surface area contributed by atoms with Crippen LogP contribution in [-0.2, 0) is 13.2 Å². The van der Waals surface area contributed by atoms with Crippen LogP contribution in [0.25, 0.3) is 0 Å². The maximum absolute atomic E-state index is 13.8. The molecule has 0 aliphatic carbocycles. The molecule has 0 aliphatic rings. The Morgan fingerprint density at radius 3 is 2.50 bits per heavy atom. The summed E-state index contributed by atoms with van der Waals surface area (Å²) in [7, 11) is 0. The van der Waals surface area contributed by atoms with Crippen LogP contribution in [0.5, 0.6) is 11.5 Å². The van der Waals surface area contributed by atoms with Crippen molar-refractivity contribution < 1.29 is 19.0 Å². The fourth-order valence-corrected chi connectivity index (χ4v) is 2.85. The smallest absolute Gasteiger partial charge is 0.163 e. The number of ether oxygens (including phenoxy) is 2. The number of benzene rings is 2. The highest BCUT2D eigenvalue weighted by atomic mass is 35.5. The Kier molecular flexibility index (Phi) is 10.1. The van der Waals surface area contributed by atoms with Gasteiger partial charge in [0.2, 0.25) is 0 Å². The number of nitrogens with one attached hydrogen (secondary N) is 2. The van der Waals surface area contributed by atoms with Gasteiger partial charge in [0, 0.05) is 29.7 Å². The van der Waals surface area contributed by atoms with Gasteiger partial charge in [-0.2, -0.15) is 0 Å². The minimum Gasteiger partial charge on any atom is -0.490 e. The second-order valence-corrected chi connectivity index (χ2v) is 6.61. The predicted molar refractivity (Wildman–Crippen MR) is 110 cm³/mol. The topological polar surface area (TPSA) is 62.8 Å². The predicted octanol–water partition coefficient (Wildman–Crippen LogP) is 3.52. The highest BCUT2D eigenvalue weighted by Crippen LogP contribution is 2.34. The zero-order chi connectivity index (χ0) is 20.2. The minimum absolute atomic E-state index is 0.0987. The first kappa shape index (κ1) is 22.4. The van der Waals surface area contributed by atoms with Crippen LogP contribution in [0.3, 0.4) is 0 Å². The van der Waals surface area contributed by atoms with Gasteiger partial charge in [0.25, 0.3) is 0 Å². The van der Waals surface area contributed by atoms with Gasteiger partial charge in [0.05, 0.1) is 13.2 Å². The number of aliphatic hydroxyl groups excluding tert-OH is 1. The van der Waals surface area contributed by atoms with Gasteiger partial charge in [-0.15, -0.1) is 0 Å². The Hall–Kier alpha value is -1.86. The molecule has 0 saturated carbocycles. The van der Waals surface area contributed by atoms with E-state index in [0.717, 1.165) is 25.1 Å². The molecule has 154 valence electrons. The molecule has 0 atom stereocenters. The van der Waals surface area contributed by atoms with Crippen LogP contribution < -0.4 is 20.1 Å². The number of halogens is 2. The molecule has 7 heteroatoms. The molecule has 0 fully saturated rings. The summed E-state index contributed by atoms with van der Waals surface area (Å²) in [4.78, 5) is 0. The highest BCUT2D eigenvalue weighted by Gasteiger charge is 2.12. The third kappa shape index (κ3) is 7.28. The Morgan fingerprint density at radius 1 is 1.00 bits per heavy atom. The molecule has 0 saturated heterocycles. The lowest BCUT2D eigenvalue weighted by Crippen LogP contribution is -2.24. The van der Waals surface area contributed by atoms with Crippen molar-refractivity contribution in [1.82, 2.24) is 10.6 Å². The van der Waals surface area contributed by atoms with Gasteiger partial charge < -0.3 is 25.2 Å². The van der Waals surface area contributed by atoms with Crippen molar-refractivity contribution in [2.24, 2.45) is 0 Å². The lowest BCUT2D eigenvalue weighted by atomic mass is 10.2. The fraction of sp³-hybridized carbons (Fsp3) is 0.429. The van der Waals surface area contributed by atoms with Gasteiger partial charge in [-0.05, 0) is 44.1 Å². The molecular weight excluding hydrogens is 383 g/mol. The van der Waals surface area contributed by atoms with E-state index in [0.29, 0.717) is 41.8 Å². The van der Waals surface area contributed by atoms with Crippen LogP contribution in [0.1, 0.15) is 24.5 Å². The first-order valence-electron chi connectivity index (χ1n) is 9.49. The average Bonchev–Trinajstić information content (AvgIpc) is 2.69. The molecular formula is C21H28ClFN2O3. The standard InChI is InChI=1S/C21H28ClFN2O3/c1-2-27-20-12-17(14-25-9-5-8-24-10-11-26)18(22)13-21(20)28-15-16-6-3-4-7-19(16)23/h3-4,6-7,12-13,24-26H,2,5,8-11,14-15H2,1H3. The molecule has 0 unspecified atom stereocenters. The summed E-state index contributed by atoms with van der Waals surface area (Å²) in [5.74, 6) is 0.776. The summed E-state index contributed by atoms with van der Waals surface area (Å²) in [5, 5.41) is 15.8. The van der Waals surface area contributed by atoms with Crippen LogP contribution >= 0.6 is 11.6 Å². The van der Waals surface area contributed by atoms with E-state index in [1.807, 2.05) is 13.0 Å². The molecule has 0 amide bonds. The van der Waals surface area contributed by atoms with Crippen molar-refractivity contribution in [2.75, 3.05) is 32.8 Å². The van der Waals surface area contributed by atoms with Crippen LogP contribution in [0.15, 0.2) is 36.4 Å². The normalized spacial score (nSPS) is 10.9. The number of rotatable bonds is 13. The van der Waals surface area contributed by atoms with Crippen LogP contribution in [0, 0.1) is 5.82 Å². The molecule has 28 heavy (non-hydrogen) atoms. The van der Waals surface area contributed by atoms with Crippen LogP contribution in [0.2, 0.25) is 5.02 Å². The molecule has 0 bridgehead atoms. The van der Waals surface area contributed by atoms with Gasteiger partial charge in [-0.1, -0.05) is 29.8 Å². The van der Waals surface area contributed by atoms with E-state index in [1.54, 1.807) is 24.3 Å². The number of aliphatic hydroxyl groups is 1. The Bertz CT molecular complexity index is 731. The molecule has 0 aliphatic heterocycles. The SMILES string of the molecule is CCOc1cc(CNCCCNCCO)c(Cl)cc1OCc1ccccc1F. The summed E-state index contributed by atoms with van der Waals surface area (Å²) < 4.78 is 25.3. The van der Waals surface area contributed by atoms with Gasteiger partial charge in [0.1, 0.15) is 12.4 Å². The first-order valence-corrected chi connectivity index (χ1v) is 9.87. The van der Waals surface area contributed by atoms with Crippen molar-refractivity contribution in [1.29, 1.82) is 0 Å². The van der Waals surface area contributed by atoms with E-state index in [4.69, 9.17) is 26.2 Å². The monoisotopic (exact) mass is 410 g/mol. The third-order valence-electron chi connectivity index (χ3n) is 4.06. The second-order valence-electron chi connectivity index (χ2n) is 6.21. The number of hydrogen-bond donors (Lipinski definition) is 3. The Balaban J connectivity index is 1.95. The van der Waals surface area contributed by atoms with Gasteiger partial charge in [-0.25, -0.2) is 4.39 Å². The largest absolute Gasteiger partial charge is 0.490 e. The minimum atomic E-state index is -0.305. The molecule has 0 aromatic heterocycles. The molecule has 0 heterocycles. The highest BCUT2D eigenvalue weighted by molar-refractivity contribution is 6.31.